The second-order valence-electron chi connectivity index (χ2n) is 6.58. The molecular formula is C18H19N3O5. The number of fused-ring (bicyclic) bond motifs is 1. The molecule has 2 aliphatic heterocycles. The van der Waals surface area contributed by atoms with Crippen molar-refractivity contribution in [3.05, 3.63) is 41.2 Å². The summed E-state index contributed by atoms with van der Waals surface area (Å²) in [6.45, 7) is 2.27. The van der Waals surface area contributed by atoms with E-state index in [0.717, 1.165) is 16.8 Å². The highest BCUT2D eigenvalue weighted by molar-refractivity contribution is 5.87. The smallest absolute Gasteiger partial charge is 0.309 e. The fourth-order valence-corrected chi connectivity index (χ4v) is 3.69. The Morgan fingerprint density at radius 1 is 1.38 bits per heavy atom. The van der Waals surface area contributed by atoms with Gasteiger partial charge < -0.3 is 19.5 Å². The summed E-state index contributed by atoms with van der Waals surface area (Å²) in [5.74, 6) is -0.729. The Labute approximate surface area is 149 Å². The molecule has 0 unspecified atom stereocenters. The number of hydrogen-bond acceptors (Lipinski definition) is 5. The van der Waals surface area contributed by atoms with Gasteiger partial charge in [0.2, 0.25) is 12.7 Å². The molecule has 8 heteroatoms. The van der Waals surface area contributed by atoms with Crippen LogP contribution >= 0.6 is 0 Å². The lowest BCUT2D eigenvalue weighted by Crippen LogP contribution is -2.30. The number of ether oxygens (including phenoxy) is 2. The van der Waals surface area contributed by atoms with Crippen LogP contribution in [0.15, 0.2) is 24.4 Å². The van der Waals surface area contributed by atoms with Crippen LogP contribution in [0, 0.1) is 12.8 Å². The maximum Gasteiger partial charge on any atom is 0.309 e. The van der Waals surface area contributed by atoms with E-state index in [1.54, 1.807) is 28.9 Å². The molecule has 0 aliphatic carbocycles. The Hall–Kier alpha value is -3.03. The third-order valence-electron chi connectivity index (χ3n) is 5.16. The second-order valence-corrected chi connectivity index (χ2v) is 6.58. The third-order valence-corrected chi connectivity index (χ3v) is 5.16. The van der Waals surface area contributed by atoms with Crippen LogP contribution in [-0.4, -0.2) is 38.5 Å². The molecule has 1 fully saturated rings. The first-order valence-electron chi connectivity index (χ1n) is 8.35. The van der Waals surface area contributed by atoms with E-state index in [-0.39, 0.29) is 25.7 Å². The van der Waals surface area contributed by atoms with Gasteiger partial charge in [-0.25, -0.2) is 0 Å². The molecule has 0 spiro atoms. The summed E-state index contributed by atoms with van der Waals surface area (Å²) in [5.41, 5.74) is 2.40. The normalized spacial score (nSPS) is 21.5. The largest absolute Gasteiger partial charge is 0.481 e. The molecule has 136 valence electrons. The van der Waals surface area contributed by atoms with Crippen LogP contribution in [-0.2, 0) is 23.2 Å². The van der Waals surface area contributed by atoms with E-state index in [9.17, 15) is 14.7 Å². The van der Waals surface area contributed by atoms with Crippen molar-refractivity contribution in [1.29, 1.82) is 0 Å². The number of aliphatic carboxylic acids is 1. The molecule has 8 nitrogen and oxygen atoms in total. The highest BCUT2D eigenvalue weighted by Gasteiger charge is 2.46. The average Bonchev–Trinajstić information content (AvgIpc) is 3.29. The van der Waals surface area contributed by atoms with Crippen molar-refractivity contribution < 1.29 is 24.2 Å². The van der Waals surface area contributed by atoms with Crippen molar-refractivity contribution >= 4 is 11.9 Å². The third kappa shape index (κ3) is 2.49. The van der Waals surface area contributed by atoms with Crippen LogP contribution in [0.2, 0.25) is 0 Å². The number of aromatic nitrogens is 2. The lowest BCUT2D eigenvalue weighted by Gasteiger charge is -2.27. The van der Waals surface area contributed by atoms with Crippen molar-refractivity contribution in [2.75, 3.05) is 6.79 Å². The van der Waals surface area contributed by atoms with Gasteiger partial charge >= 0.3 is 5.97 Å². The van der Waals surface area contributed by atoms with Gasteiger partial charge in [0.15, 0.2) is 11.5 Å². The average molecular weight is 357 g/mol. The molecular weight excluding hydrogens is 338 g/mol. The fraction of sp³-hybridized carbons (Fsp3) is 0.389. The molecule has 0 radical (unpaired) electrons. The molecule has 0 saturated carbocycles. The molecule has 4 rings (SSSR count). The van der Waals surface area contributed by atoms with Gasteiger partial charge in [0, 0.05) is 30.3 Å². The summed E-state index contributed by atoms with van der Waals surface area (Å²) in [4.78, 5) is 26.1. The maximum atomic E-state index is 12.7. The zero-order valence-corrected chi connectivity index (χ0v) is 14.5. The van der Waals surface area contributed by atoms with Crippen molar-refractivity contribution in [2.24, 2.45) is 13.0 Å². The number of carboxylic acid groups (broad SMARTS) is 1. The number of hydrogen-bond donors (Lipinski definition) is 1. The quantitative estimate of drug-likeness (QED) is 0.894. The van der Waals surface area contributed by atoms with Gasteiger partial charge in [-0.2, -0.15) is 5.10 Å². The van der Waals surface area contributed by atoms with Gasteiger partial charge in [0.1, 0.15) is 0 Å². The lowest BCUT2D eigenvalue weighted by atomic mass is 9.94. The van der Waals surface area contributed by atoms with Crippen LogP contribution in [0.25, 0.3) is 0 Å². The van der Waals surface area contributed by atoms with Crippen LogP contribution in [0.1, 0.15) is 29.3 Å². The van der Waals surface area contributed by atoms with E-state index < -0.39 is 17.9 Å². The second kappa shape index (κ2) is 6.05. The Morgan fingerprint density at radius 2 is 2.19 bits per heavy atom. The van der Waals surface area contributed by atoms with Gasteiger partial charge in [0.25, 0.3) is 0 Å². The molecule has 1 N–H and O–H groups in total. The minimum atomic E-state index is -0.980. The number of nitrogens with zero attached hydrogens (tertiary/aromatic N) is 3. The molecule has 1 aromatic carbocycles. The number of benzene rings is 1. The number of likely N-dealkylation sites (tertiary alicyclic amines) is 1. The molecule has 1 saturated heterocycles. The predicted molar refractivity (Wildman–Crippen MR) is 89.5 cm³/mol. The number of carboxylic acids is 1. The molecule has 3 heterocycles. The molecule has 2 aromatic rings. The topological polar surface area (TPSA) is 93.9 Å². The van der Waals surface area contributed by atoms with Crippen LogP contribution in [0.3, 0.4) is 0 Å². The maximum absolute atomic E-state index is 12.7. The Bertz CT molecular complexity index is 891. The van der Waals surface area contributed by atoms with E-state index >= 15 is 0 Å². The van der Waals surface area contributed by atoms with Crippen molar-refractivity contribution in [3.63, 3.8) is 0 Å². The van der Waals surface area contributed by atoms with E-state index in [1.165, 1.54) is 0 Å². The van der Waals surface area contributed by atoms with Gasteiger partial charge in [0.05, 0.1) is 24.7 Å². The van der Waals surface area contributed by atoms with Gasteiger partial charge in [-0.3, -0.25) is 14.3 Å². The monoisotopic (exact) mass is 357 g/mol. The van der Waals surface area contributed by atoms with Gasteiger partial charge in [-0.1, -0.05) is 12.1 Å². The summed E-state index contributed by atoms with van der Waals surface area (Å²) >= 11 is 0. The summed E-state index contributed by atoms with van der Waals surface area (Å²) < 4.78 is 12.6. The number of aryl methyl sites for hydroxylation is 1. The summed E-state index contributed by atoms with van der Waals surface area (Å²) in [6, 6.07) is 4.94. The molecule has 1 aromatic heterocycles. The number of carbonyl (C=O) groups excluding carboxylic acids is 1. The molecule has 0 bridgehead atoms. The van der Waals surface area contributed by atoms with Crippen molar-refractivity contribution in [2.45, 2.75) is 25.9 Å². The fourth-order valence-electron chi connectivity index (χ4n) is 3.69. The van der Waals surface area contributed by atoms with E-state index in [0.29, 0.717) is 11.5 Å². The molecule has 2 atom stereocenters. The number of carbonyl (C=O) groups is 2. The van der Waals surface area contributed by atoms with E-state index in [2.05, 4.69) is 5.10 Å². The molecule has 2 aliphatic rings. The minimum absolute atomic E-state index is 0.0271. The highest BCUT2D eigenvalue weighted by atomic mass is 16.7. The Kier molecular flexibility index (Phi) is 3.82. The Morgan fingerprint density at radius 3 is 2.88 bits per heavy atom. The zero-order valence-electron chi connectivity index (χ0n) is 14.5. The van der Waals surface area contributed by atoms with Crippen LogP contribution < -0.4 is 9.47 Å². The zero-order chi connectivity index (χ0) is 18.4. The first-order valence-corrected chi connectivity index (χ1v) is 8.35. The molecule has 1 amide bonds. The van der Waals surface area contributed by atoms with E-state index in [4.69, 9.17) is 9.47 Å². The van der Waals surface area contributed by atoms with Crippen LogP contribution in [0.5, 0.6) is 11.5 Å². The summed E-state index contributed by atoms with van der Waals surface area (Å²) in [6.07, 6.45) is 1.62. The first kappa shape index (κ1) is 16.4. The standard InChI is InChI=1S/C18H19N3O5/c1-10-13(7-19-20(10)2)16-12(18(23)24)6-15(22)21(16)8-11-4-3-5-14-17(11)26-9-25-14/h3-5,7,12,16H,6,8-9H2,1-2H3,(H,23,24)/t12-,16-/m0/s1. The van der Waals surface area contributed by atoms with Crippen molar-refractivity contribution in [3.8, 4) is 11.5 Å². The SMILES string of the molecule is Cc1c([C@@H]2[C@@H](C(=O)O)CC(=O)N2Cc2cccc3c2OCO3)cnn1C. The van der Waals surface area contributed by atoms with Crippen molar-refractivity contribution in [1.82, 2.24) is 14.7 Å². The number of para-hydroxylation sites is 1. The lowest BCUT2D eigenvalue weighted by molar-refractivity contribution is -0.142. The summed E-state index contributed by atoms with van der Waals surface area (Å²) in [7, 11) is 1.80. The number of amides is 1. The van der Waals surface area contributed by atoms with Crippen LogP contribution in [0.4, 0.5) is 0 Å². The van der Waals surface area contributed by atoms with Gasteiger partial charge in [-0.05, 0) is 13.0 Å². The Balaban J connectivity index is 1.73. The van der Waals surface area contributed by atoms with E-state index in [1.807, 2.05) is 19.1 Å². The summed E-state index contributed by atoms with van der Waals surface area (Å²) in [5, 5.41) is 13.9. The molecule has 26 heavy (non-hydrogen) atoms. The minimum Gasteiger partial charge on any atom is -0.481 e. The number of rotatable bonds is 4. The first-order chi connectivity index (χ1) is 12.5. The predicted octanol–water partition coefficient (Wildman–Crippen LogP) is 1.63. The highest BCUT2D eigenvalue weighted by Crippen LogP contribution is 2.43. The van der Waals surface area contributed by atoms with Gasteiger partial charge in [-0.15, -0.1) is 0 Å².